The third-order valence-corrected chi connectivity index (χ3v) is 5.64. The minimum atomic E-state index is -4.28. The maximum Gasteiger partial charge on any atom is 0.411 e. The Balaban J connectivity index is 1.41. The Morgan fingerprint density at radius 1 is 1.23 bits per heavy atom. The first kappa shape index (κ1) is 23.5. The van der Waals surface area contributed by atoms with Crippen LogP contribution in [0.3, 0.4) is 0 Å². The predicted octanol–water partition coefficient (Wildman–Crippen LogP) is 3.76. The zero-order chi connectivity index (χ0) is 22.3. The summed E-state index contributed by atoms with van der Waals surface area (Å²) in [5.74, 6) is 0.567. The molecule has 10 heteroatoms. The number of hydrogen-bond acceptors (Lipinski definition) is 6. The van der Waals surface area contributed by atoms with Crippen molar-refractivity contribution in [2.45, 2.75) is 26.1 Å². The Bertz CT molecular complexity index is 852. The van der Waals surface area contributed by atoms with Crippen LogP contribution in [-0.4, -0.2) is 72.8 Å². The molecule has 1 fully saturated rings. The first-order valence-corrected chi connectivity index (χ1v) is 11.0. The lowest BCUT2D eigenvalue weighted by molar-refractivity contribution is -0.174. The van der Waals surface area contributed by atoms with Crippen LogP contribution in [-0.2, 0) is 11.3 Å². The number of ether oxygens (including phenoxy) is 2. The number of amides is 1. The molecule has 1 aromatic carbocycles. The van der Waals surface area contributed by atoms with Crippen molar-refractivity contribution in [2.24, 2.45) is 0 Å². The fourth-order valence-corrected chi connectivity index (χ4v) is 3.88. The summed E-state index contributed by atoms with van der Waals surface area (Å²) < 4.78 is 46.6. The summed E-state index contributed by atoms with van der Waals surface area (Å²) in [5.41, 5.74) is 1.43. The number of rotatable bonds is 9. The normalized spacial score (nSPS) is 15.3. The monoisotopic (exact) mass is 457 g/mol. The third-order valence-electron chi connectivity index (χ3n) is 4.82. The highest BCUT2D eigenvalue weighted by Crippen LogP contribution is 2.18. The summed E-state index contributed by atoms with van der Waals surface area (Å²) in [6.45, 7) is 4.33. The first-order chi connectivity index (χ1) is 14.8. The van der Waals surface area contributed by atoms with Crippen molar-refractivity contribution in [1.82, 2.24) is 14.8 Å². The second-order valence-electron chi connectivity index (χ2n) is 7.33. The van der Waals surface area contributed by atoms with Gasteiger partial charge < -0.3 is 14.4 Å². The van der Waals surface area contributed by atoms with Crippen LogP contribution in [0.4, 0.5) is 13.2 Å². The quantitative estimate of drug-likeness (QED) is 0.537. The summed E-state index contributed by atoms with van der Waals surface area (Å²) in [7, 11) is 0. The van der Waals surface area contributed by atoms with E-state index >= 15 is 0 Å². The molecule has 3 rings (SSSR count). The molecule has 0 unspecified atom stereocenters. The van der Waals surface area contributed by atoms with Gasteiger partial charge in [0.1, 0.15) is 19.0 Å². The molecule has 0 saturated carbocycles. The Labute approximate surface area is 183 Å². The van der Waals surface area contributed by atoms with Gasteiger partial charge in [-0.1, -0.05) is 6.07 Å². The Hall–Kier alpha value is -2.17. The van der Waals surface area contributed by atoms with Crippen LogP contribution in [0.2, 0.25) is 0 Å². The van der Waals surface area contributed by atoms with Gasteiger partial charge in [-0.15, -0.1) is 11.3 Å². The van der Waals surface area contributed by atoms with Gasteiger partial charge in [-0.25, -0.2) is 4.98 Å². The molecule has 170 valence electrons. The van der Waals surface area contributed by atoms with E-state index in [2.05, 4.69) is 14.6 Å². The number of halogens is 3. The van der Waals surface area contributed by atoms with E-state index in [-0.39, 0.29) is 12.5 Å². The van der Waals surface area contributed by atoms with Gasteiger partial charge in [0.2, 0.25) is 0 Å². The molecule has 1 aromatic heterocycles. The first-order valence-electron chi connectivity index (χ1n) is 10.1. The standard InChI is InChI=1S/C21H26F3N3O3S/c1-16-25-18(14-31-16)13-30-19-5-2-4-17(12-19)20(28)27-9-7-26(8-10-27)6-3-11-29-15-21(22,23)24/h2,4-5,12,14H,3,6-11,13,15H2,1H3. The van der Waals surface area contributed by atoms with Gasteiger partial charge >= 0.3 is 6.18 Å². The van der Waals surface area contributed by atoms with Gasteiger partial charge in [-0.05, 0) is 31.5 Å². The molecule has 2 heterocycles. The zero-order valence-corrected chi connectivity index (χ0v) is 18.2. The van der Waals surface area contributed by atoms with Gasteiger partial charge in [-0.3, -0.25) is 9.69 Å². The molecule has 0 N–H and O–H groups in total. The van der Waals surface area contributed by atoms with Crippen molar-refractivity contribution in [3.63, 3.8) is 0 Å². The van der Waals surface area contributed by atoms with Crippen molar-refractivity contribution < 1.29 is 27.4 Å². The second kappa shape index (κ2) is 10.9. The number of nitrogens with zero attached hydrogens (tertiary/aromatic N) is 3. The van der Waals surface area contributed by atoms with Crippen LogP contribution >= 0.6 is 11.3 Å². The highest BCUT2D eigenvalue weighted by atomic mass is 32.1. The minimum absolute atomic E-state index is 0.0527. The summed E-state index contributed by atoms with van der Waals surface area (Å²) in [6, 6.07) is 7.12. The van der Waals surface area contributed by atoms with E-state index in [0.29, 0.717) is 57.1 Å². The molecule has 6 nitrogen and oxygen atoms in total. The summed E-state index contributed by atoms with van der Waals surface area (Å²) in [5, 5.41) is 2.93. The maximum absolute atomic E-state index is 12.8. The van der Waals surface area contributed by atoms with E-state index in [9.17, 15) is 18.0 Å². The smallest absolute Gasteiger partial charge is 0.411 e. The molecule has 31 heavy (non-hydrogen) atoms. The second-order valence-corrected chi connectivity index (χ2v) is 8.39. The van der Waals surface area contributed by atoms with E-state index < -0.39 is 12.8 Å². The van der Waals surface area contributed by atoms with Crippen molar-refractivity contribution >= 4 is 17.2 Å². The predicted molar refractivity (Wildman–Crippen MR) is 111 cm³/mol. The van der Waals surface area contributed by atoms with E-state index in [1.54, 1.807) is 34.4 Å². The number of thiazole rings is 1. The van der Waals surface area contributed by atoms with Gasteiger partial charge in [0.25, 0.3) is 5.91 Å². The molecule has 1 aliphatic rings. The van der Waals surface area contributed by atoms with E-state index in [1.807, 2.05) is 18.4 Å². The van der Waals surface area contributed by atoms with Gasteiger partial charge in [0, 0.05) is 50.3 Å². The van der Waals surface area contributed by atoms with E-state index in [1.165, 1.54) is 0 Å². The number of aryl methyl sites for hydroxylation is 1. The molecule has 0 radical (unpaired) electrons. The summed E-state index contributed by atoms with van der Waals surface area (Å²) in [6.07, 6.45) is -3.75. The van der Waals surface area contributed by atoms with Crippen molar-refractivity contribution in [3.05, 3.63) is 45.9 Å². The molecule has 1 saturated heterocycles. The number of piperazine rings is 1. The molecule has 0 bridgehead atoms. The number of alkyl halides is 3. The SMILES string of the molecule is Cc1nc(COc2cccc(C(=O)N3CCN(CCCOCC(F)(F)F)CC3)c2)cs1. The summed E-state index contributed by atoms with van der Waals surface area (Å²) >= 11 is 1.57. The van der Waals surface area contributed by atoms with Gasteiger partial charge in [0.05, 0.1) is 10.7 Å². The van der Waals surface area contributed by atoms with Crippen LogP contribution in [0.1, 0.15) is 27.5 Å². The number of carbonyl (C=O) groups is 1. The zero-order valence-electron chi connectivity index (χ0n) is 17.4. The molecule has 1 aliphatic heterocycles. The third kappa shape index (κ3) is 7.79. The number of hydrogen-bond donors (Lipinski definition) is 0. The topological polar surface area (TPSA) is 54.9 Å². The fourth-order valence-electron chi connectivity index (χ4n) is 3.29. The van der Waals surface area contributed by atoms with Crippen LogP contribution < -0.4 is 4.74 Å². The molecule has 0 atom stereocenters. The van der Waals surface area contributed by atoms with Gasteiger partial charge in [0.15, 0.2) is 0 Å². The highest BCUT2D eigenvalue weighted by Gasteiger charge is 2.27. The summed E-state index contributed by atoms with van der Waals surface area (Å²) in [4.78, 5) is 21.1. The van der Waals surface area contributed by atoms with Crippen molar-refractivity contribution in [1.29, 1.82) is 0 Å². The van der Waals surface area contributed by atoms with Crippen LogP contribution in [0, 0.1) is 6.92 Å². The Kier molecular flexibility index (Phi) is 8.28. The molecule has 1 amide bonds. The lowest BCUT2D eigenvalue weighted by atomic mass is 10.1. The number of carbonyl (C=O) groups excluding carboxylic acids is 1. The van der Waals surface area contributed by atoms with E-state index in [0.717, 1.165) is 10.7 Å². The average molecular weight is 458 g/mol. The van der Waals surface area contributed by atoms with E-state index in [4.69, 9.17) is 4.74 Å². The number of benzene rings is 1. The lowest BCUT2D eigenvalue weighted by Gasteiger charge is -2.34. The van der Waals surface area contributed by atoms with Crippen LogP contribution in [0.25, 0.3) is 0 Å². The van der Waals surface area contributed by atoms with Crippen LogP contribution in [0.5, 0.6) is 5.75 Å². The van der Waals surface area contributed by atoms with Crippen LogP contribution in [0.15, 0.2) is 29.6 Å². The lowest BCUT2D eigenvalue weighted by Crippen LogP contribution is -2.49. The Morgan fingerprint density at radius 2 is 2.00 bits per heavy atom. The molecule has 0 spiro atoms. The maximum atomic E-state index is 12.8. The fraction of sp³-hybridized carbons (Fsp3) is 0.524. The molecule has 0 aliphatic carbocycles. The largest absolute Gasteiger partial charge is 0.487 e. The number of aromatic nitrogens is 1. The molecule has 2 aromatic rings. The van der Waals surface area contributed by atoms with Crippen molar-refractivity contribution in [2.75, 3.05) is 45.9 Å². The average Bonchev–Trinajstić information content (AvgIpc) is 3.16. The Morgan fingerprint density at radius 3 is 2.68 bits per heavy atom. The highest BCUT2D eigenvalue weighted by molar-refractivity contribution is 7.09. The molecular formula is C21H26F3N3O3S. The minimum Gasteiger partial charge on any atom is -0.487 e. The van der Waals surface area contributed by atoms with Crippen molar-refractivity contribution in [3.8, 4) is 5.75 Å². The molecular weight excluding hydrogens is 431 g/mol. The van der Waals surface area contributed by atoms with Gasteiger partial charge in [-0.2, -0.15) is 13.2 Å².